The second-order valence-electron chi connectivity index (χ2n) is 6.71. The van der Waals surface area contributed by atoms with Gasteiger partial charge in [-0.2, -0.15) is 0 Å². The molecule has 0 aliphatic carbocycles. The number of ether oxygens (including phenoxy) is 1. The topological polar surface area (TPSA) is 41.6 Å². The van der Waals surface area contributed by atoms with Crippen molar-refractivity contribution in [3.8, 4) is 5.75 Å². The number of carbonyl (C=O) groups excluding carboxylic acids is 1. The number of benzene rings is 2. The molecule has 2 aliphatic rings. The third-order valence-electron chi connectivity index (χ3n) is 5.19. The second kappa shape index (κ2) is 6.29. The Morgan fingerprint density at radius 2 is 2.04 bits per heavy atom. The van der Waals surface area contributed by atoms with Crippen LogP contribution in [0.5, 0.6) is 5.75 Å². The van der Waals surface area contributed by atoms with Crippen molar-refractivity contribution in [2.45, 2.75) is 12.5 Å². The number of hydrogen-bond donors (Lipinski definition) is 1. The molecule has 1 fully saturated rings. The Bertz CT molecular complexity index is 759. The lowest BCUT2D eigenvalue weighted by atomic mass is 9.87. The van der Waals surface area contributed by atoms with Gasteiger partial charge in [0.1, 0.15) is 5.75 Å². The minimum absolute atomic E-state index is 0.0688. The lowest BCUT2D eigenvalue weighted by Gasteiger charge is -2.17. The minimum atomic E-state index is 0.0688. The van der Waals surface area contributed by atoms with Gasteiger partial charge in [-0.25, -0.2) is 0 Å². The summed E-state index contributed by atoms with van der Waals surface area (Å²) in [5.41, 5.74) is 3.31. The smallest absolute Gasteiger partial charge is 0.251 e. The summed E-state index contributed by atoms with van der Waals surface area (Å²) < 4.78 is 5.32. The molecule has 0 radical (unpaired) electrons. The lowest BCUT2D eigenvalue weighted by Crippen LogP contribution is -2.29. The van der Waals surface area contributed by atoms with Crippen molar-refractivity contribution in [1.82, 2.24) is 10.2 Å². The van der Waals surface area contributed by atoms with E-state index in [0.29, 0.717) is 11.8 Å². The van der Waals surface area contributed by atoms with Crippen molar-refractivity contribution in [2.75, 3.05) is 26.7 Å². The molecule has 1 amide bonds. The average molecular weight is 322 g/mol. The third-order valence-corrected chi connectivity index (χ3v) is 5.19. The van der Waals surface area contributed by atoms with Crippen molar-refractivity contribution in [1.29, 1.82) is 0 Å². The highest BCUT2D eigenvalue weighted by atomic mass is 16.5. The van der Waals surface area contributed by atoms with Gasteiger partial charge in [-0.3, -0.25) is 9.69 Å². The van der Waals surface area contributed by atoms with Crippen molar-refractivity contribution in [2.24, 2.45) is 5.92 Å². The van der Waals surface area contributed by atoms with Gasteiger partial charge in [-0.15, -0.1) is 0 Å². The van der Waals surface area contributed by atoms with Crippen LogP contribution in [0.3, 0.4) is 0 Å². The van der Waals surface area contributed by atoms with Crippen LogP contribution in [0.1, 0.15) is 27.4 Å². The summed E-state index contributed by atoms with van der Waals surface area (Å²) in [7, 11) is 1.70. The van der Waals surface area contributed by atoms with Crippen LogP contribution in [0.4, 0.5) is 0 Å². The first-order chi connectivity index (χ1) is 11.7. The predicted octanol–water partition coefficient (Wildman–Crippen LogP) is 2.65. The maximum absolute atomic E-state index is 12.2. The zero-order valence-electron chi connectivity index (χ0n) is 13.9. The Morgan fingerprint density at radius 1 is 1.17 bits per heavy atom. The van der Waals surface area contributed by atoms with Crippen molar-refractivity contribution >= 4 is 5.91 Å². The molecule has 0 unspecified atom stereocenters. The number of likely N-dealkylation sites (tertiary alicyclic amines) is 1. The summed E-state index contributed by atoms with van der Waals surface area (Å²) in [5.74, 6) is 1.87. The molecular formula is C20H22N2O2. The van der Waals surface area contributed by atoms with Crippen LogP contribution in [0.25, 0.3) is 0 Å². The molecule has 2 heterocycles. The molecular weight excluding hydrogens is 300 g/mol. The van der Waals surface area contributed by atoms with Gasteiger partial charge in [0.05, 0.1) is 7.11 Å². The number of amides is 1. The second-order valence-corrected chi connectivity index (χ2v) is 6.71. The molecule has 2 aliphatic heterocycles. The van der Waals surface area contributed by atoms with Crippen LogP contribution in [0.15, 0.2) is 48.5 Å². The summed E-state index contributed by atoms with van der Waals surface area (Å²) >= 11 is 0. The number of fused-ring (bicyclic) bond motifs is 3. The maximum Gasteiger partial charge on any atom is 0.251 e. The predicted molar refractivity (Wildman–Crippen MR) is 93.3 cm³/mol. The molecule has 1 saturated heterocycles. The number of methoxy groups -OCH3 is 1. The van der Waals surface area contributed by atoms with Gasteiger partial charge in [0.25, 0.3) is 5.91 Å². The van der Waals surface area contributed by atoms with Gasteiger partial charge >= 0.3 is 0 Å². The highest BCUT2D eigenvalue weighted by Gasteiger charge is 2.37. The molecule has 24 heavy (non-hydrogen) atoms. The molecule has 124 valence electrons. The van der Waals surface area contributed by atoms with E-state index in [-0.39, 0.29) is 5.91 Å². The van der Waals surface area contributed by atoms with Crippen molar-refractivity contribution < 1.29 is 9.53 Å². The first-order valence-corrected chi connectivity index (χ1v) is 8.47. The van der Waals surface area contributed by atoms with Crippen LogP contribution in [0.2, 0.25) is 0 Å². The summed E-state index contributed by atoms with van der Waals surface area (Å²) in [6, 6.07) is 16.3. The van der Waals surface area contributed by atoms with Gasteiger partial charge < -0.3 is 10.1 Å². The average Bonchev–Trinajstić information content (AvgIpc) is 2.97. The standard InChI is InChI=1S/C20H22N2O2/c1-24-16-6-4-5-14(9-16)11-22-12-15-10-21-20(23)18-8-3-2-7-17(18)19(15)13-22/h2-9,15,19H,10-13H2,1H3,(H,21,23)/t15-,19-/m1/s1. The number of nitrogens with one attached hydrogen (secondary N) is 1. The van der Waals surface area contributed by atoms with Crippen LogP contribution in [-0.4, -0.2) is 37.6 Å². The number of carbonyl (C=O) groups is 1. The molecule has 0 spiro atoms. The SMILES string of the molecule is COc1cccc(CN2C[C@H]3CNC(=O)c4ccccc4[C@@H]3C2)c1. The molecule has 4 heteroatoms. The van der Waals surface area contributed by atoms with E-state index in [1.165, 1.54) is 11.1 Å². The Kier molecular flexibility index (Phi) is 3.98. The number of hydrogen-bond acceptors (Lipinski definition) is 3. The van der Waals surface area contributed by atoms with Crippen molar-refractivity contribution in [3.05, 3.63) is 65.2 Å². The quantitative estimate of drug-likeness (QED) is 0.944. The minimum Gasteiger partial charge on any atom is -0.497 e. The summed E-state index contributed by atoms with van der Waals surface area (Å²) in [4.78, 5) is 14.7. The first kappa shape index (κ1) is 15.2. The van der Waals surface area contributed by atoms with Crippen LogP contribution < -0.4 is 10.1 Å². The summed E-state index contributed by atoms with van der Waals surface area (Å²) in [5, 5.41) is 3.09. The van der Waals surface area contributed by atoms with Crippen LogP contribution in [0, 0.1) is 5.92 Å². The van der Waals surface area contributed by atoms with E-state index < -0.39 is 0 Å². The molecule has 0 saturated carbocycles. The van der Waals surface area contributed by atoms with Gasteiger partial charge in [0.2, 0.25) is 0 Å². The fourth-order valence-electron chi connectivity index (χ4n) is 4.02. The number of rotatable bonds is 3. The maximum atomic E-state index is 12.2. The van der Waals surface area contributed by atoms with Crippen LogP contribution >= 0.6 is 0 Å². The van der Waals surface area contributed by atoms with E-state index in [1.54, 1.807) is 7.11 Å². The Labute approximate surface area is 142 Å². The summed E-state index contributed by atoms with van der Waals surface area (Å²) in [6.45, 7) is 3.68. The molecule has 4 rings (SSSR count). The fourth-order valence-corrected chi connectivity index (χ4v) is 4.02. The fraction of sp³-hybridized carbons (Fsp3) is 0.350. The number of nitrogens with zero attached hydrogens (tertiary/aromatic N) is 1. The molecule has 2 aromatic carbocycles. The zero-order valence-corrected chi connectivity index (χ0v) is 13.9. The third kappa shape index (κ3) is 2.78. The summed E-state index contributed by atoms with van der Waals surface area (Å²) in [6.07, 6.45) is 0. The van der Waals surface area contributed by atoms with E-state index >= 15 is 0 Å². The molecule has 0 bridgehead atoms. The van der Waals surface area contributed by atoms with Gasteiger partial charge in [0, 0.05) is 37.7 Å². The van der Waals surface area contributed by atoms with E-state index in [2.05, 4.69) is 28.4 Å². The monoisotopic (exact) mass is 322 g/mol. The molecule has 0 aromatic heterocycles. The van der Waals surface area contributed by atoms with E-state index in [0.717, 1.165) is 37.5 Å². The normalized spacial score (nSPS) is 23.1. The van der Waals surface area contributed by atoms with Gasteiger partial charge in [0.15, 0.2) is 0 Å². The zero-order chi connectivity index (χ0) is 16.5. The van der Waals surface area contributed by atoms with Crippen LogP contribution in [-0.2, 0) is 6.54 Å². The molecule has 4 nitrogen and oxygen atoms in total. The van der Waals surface area contributed by atoms with E-state index in [9.17, 15) is 4.79 Å². The van der Waals surface area contributed by atoms with Crippen molar-refractivity contribution in [3.63, 3.8) is 0 Å². The Hall–Kier alpha value is -2.33. The molecule has 2 aromatic rings. The van der Waals surface area contributed by atoms with E-state index in [4.69, 9.17) is 4.74 Å². The highest BCUT2D eigenvalue weighted by Crippen LogP contribution is 2.36. The van der Waals surface area contributed by atoms with E-state index in [1.807, 2.05) is 30.3 Å². The molecule has 2 atom stereocenters. The first-order valence-electron chi connectivity index (χ1n) is 8.47. The lowest BCUT2D eigenvalue weighted by molar-refractivity contribution is 0.0951. The van der Waals surface area contributed by atoms with Gasteiger partial charge in [-0.05, 0) is 35.2 Å². The Balaban J connectivity index is 1.55. The largest absolute Gasteiger partial charge is 0.497 e. The Morgan fingerprint density at radius 3 is 2.92 bits per heavy atom. The van der Waals surface area contributed by atoms with Gasteiger partial charge in [-0.1, -0.05) is 30.3 Å². The molecule has 1 N–H and O–H groups in total. The highest BCUT2D eigenvalue weighted by molar-refractivity contribution is 5.96.